The molecule has 1 aromatic carbocycles. The summed E-state index contributed by atoms with van der Waals surface area (Å²) in [6.45, 7) is 3.60. The molecule has 0 unspecified atom stereocenters. The predicted molar refractivity (Wildman–Crippen MR) is 60.7 cm³/mol. The molecular weight excluding hydrogens is 168 g/mol. The van der Waals surface area contributed by atoms with E-state index in [2.05, 4.69) is 48.8 Å². The van der Waals surface area contributed by atoms with Crippen molar-refractivity contribution in [2.24, 2.45) is 0 Å². The fourth-order valence-electron chi connectivity index (χ4n) is 1.73. The molecule has 0 nitrogen and oxygen atoms in total. The van der Waals surface area contributed by atoms with E-state index in [4.69, 9.17) is 0 Å². The SMILES string of the molecule is C=CC#CC1=CCCc2ccccc21. The standard InChI is InChI=1S/C14H12/c1-2-3-7-12-9-6-10-13-8-4-5-11-14(12)13/h2,4-5,8-9,11H,1,6,10H2. The second-order valence-corrected chi connectivity index (χ2v) is 3.29. The molecule has 0 fully saturated rings. The molecule has 0 amide bonds. The van der Waals surface area contributed by atoms with Gasteiger partial charge in [0.25, 0.3) is 0 Å². The molecule has 0 aliphatic heterocycles. The van der Waals surface area contributed by atoms with Crippen molar-refractivity contribution in [3.05, 3.63) is 54.1 Å². The van der Waals surface area contributed by atoms with Gasteiger partial charge in [0.2, 0.25) is 0 Å². The minimum atomic E-state index is 1.10. The van der Waals surface area contributed by atoms with Gasteiger partial charge in [-0.3, -0.25) is 0 Å². The Morgan fingerprint density at radius 3 is 3.00 bits per heavy atom. The van der Waals surface area contributed by atoms with E-state index < -0.39 is 0 Å². The summed E-state index contributed by atoms with van der Waals surface area (Å²) in [6.07, 6.45) is 6.07. The average Bonchev–Trinajstić information content (AvgIpc) is 2.26. The van der Waals surface area contributed by atoms with Crippen LogP contribution in [0.4, 0.5) is 0 Å². The normalized spacial score (nSPS) is 13.3. The van der Waals surface area contributed by atoms with Crippen molar-refractivity contribution in [2.75, 3.05) is 0 Å². The van der Waals surface area contributed by atoms with Gasteiger partial charge in [0.05, 0.1) is 0 Å². The lowest BCUT2D eigenvalue weighted by Crippen LogP contribution is -1.97. The Kier molecular flexibility index (Phi) is 2.51. The smallest absolute Gasteiger partial charge is 0.0284 e. The zero-order valence-electron chi connectivity index (χ0n) is 8.09. The number of aryl methyl sites for hydroxylation is 1. The molecule has 2 rings (SSSR count). The second-order valence-electron chi connectivity index (χ2n) is 3.29. The molecule has 14 heavy (non-hydrogen) atoms. The summed E-state index contributed by atoms with van der Waals surface area (Å²) < 4.78 is 0. The summed E-state index contributed by atoms with van der Waals surface area (Å²) in [6, 6.07) is 8.46. The van der Waals surface area contributed by atoms with Crippen molar-refractivity contribution in [2.45, 2.75) is 12.8 Å². The van der Waals surface area contributed by atoms with Crippen LogP contribution in [-0.4, -0.2) is 0 Å². The highest BCUT2D eigenvalue weighted by atomic mass is 14.1. The van der Waals surface area contributed by atoms with Crippen LogP contribution < -0.4 is 0 Å². The van der Waals surface area contributed by atoms with E-state index in [9.17, 15) is 0 Å². The van der Waals surface area contributed by atoms with Crippen LogP contribution in [0.2, 0.25) is 0 Å². The first-order chi connectivity index (χ1) is 6.92. The minimum absolute atomic E-state index is 1.10. The number of rotatable bonds is 0. The highest BCUT2D eigenvalue weighted by Crippen LogP contribution is 2.25. The minimum Gasteiger partial charge on any atom is -0.0906 e. The first-order valence-corrected chi connectivity index (χ1v) is 4.82. The lowest BCUT2D eigenvalue weighted by molar-refractivity contribution is 0.981. The number of fused-ring (bicyclic) bond motifs is 1. The monoisotopic (exact) mass is 180 g/mol. The van der Waals surface area contributed by atoms with Crippen molar-refractivity contribution in [1.29, 1.82) is 0 Å². The quantitative estimate of drug-likeness (QED) is 0.538. The van der Waals surface area contributed by atoms with Gasteiger partial charge in [-0.15, -0.1) is 0 Å². The van der Waals surface area contributed by atoms with E-state index >= 15 is 0 Å². The van der Waals surface area contributed by atoms with Crippen LogP contribution in [0.5, 0.6) is 0 Å². The first kappa shape index (κ1) is 8.84. The zero-order chi connectivity index (χ0) is 9.80. The molecule has 0 atom stereocenters. The van der Waals surface area contributed by atoms with Gasteiger partial charge >= 0.3 is 0 Å². The van der Waals surface area contributed by atoms with Gasteiger partial charge in [-0.1, -0.05) is 48.8 Å². The molecule has 0 saturated heterocycles. The van der Waals surface area contributed by atoms with E-state index in [-0.39, 0.29) is 0 Å². The molecule has 0 saturated carbocycles. The van der Waals surface area contributed by atoms with Crippen molar-refractivity contribution >= 4 is 5.57 Å². The third kappa shape index (κ3) is 1.63. The molecule has 0 radical (unpaired) electrons. The number of hydrogen-bond acceptors (Lipinski definition) is 0. The van der Waals surface area contributed by atoms with Crippen molar-refractivity contribution in [3.8, 4) is 11.8 Å². The van der Waals surface area contributed by atoms with E-state index in [0.717, 1.165) is 18.4 Å². The second kappa shape index (κ2) is 3.98. The molecule has 0 aromatic heterocycles. The summed E-state index contributed by atoms with van der Waals surface area (Å²) in [4.78, 5) is 0. The molecule has 1 aliphatic carbocycles. The lowest BCUT2D eigenvalue weighted by atomic mass is 9.91. The van der Waals surface area contributed by atoms with E-state index in [1.165, 1.54) is 11.1 Å². The molecule has 0 heteroatoms. The summed E-state index contributed by atoms with van der Waals surface area (Å²) in [5, 5.41) is 0. The summed E-state index contributed by atoms with van der Waals surface area (Å²) >= 11 is 0. The molecule has 0 heterocycles. The average molecular weight is 180 g/mol. The molecule has 0 spiro atoms. The van der Waals surface area contributed by atoms with Crippen molar-refractivity contribution < 1.29 is 0 Å². The maximum Gasteiger partial charge on any atom is 0.0284 e. The van der Waals surface area contributed by atoms with Gasteiger partial charge < -0.3 is 0 Å². The topological polar surface area (TPSA) is 0 Å². The molecule has 1 aliphatic rings. The van der Waals surface area contributed by atoms with Crippen LogP contribution in [0.15, 0.2) is 43.0 Å². The Labute approximate surface area is 85.0 Å². The zero-order valence-corrected chi connectivity index (χ0v) is 8.09. The van der Waals surface area contributed by atoms with Gasteiger partial charge in [0, 0.05) is 5.57 Å². The number of hydrogen-bond donors (Lipinski definition) is 0. The third-order valence-corrected chi connectivity index (χ3v) is 2.38. The van der Waals surface area contributed by atoms with Gasteiger partial charge in [-0.25, -0.2) is 0 Å². The highest BCUT2D eigenvalue weighted by Gasteiger charge is 2.08. The molecule has 1 aromatic rings. The fraction of sp³-hybridized carbons (Fsp3) is 0.143. The molecule has 68 valence electrons. The summed E-state index contributed by atoms with van der Waals surface area (Å²) in [5.41, 5.74) is 3.84. The van der Waals surface area contributed by atoms with Crippen LogP contribution in [0.25, 0.3) is 5.57 Å². The molecule has 0 bridgehead atoms. The summed E-state index contributed by atoms with van der Waals surface area (Å²) in [7, 11) is 0. The van der Waals surface area contributed by atoms with Crippen LogP contribution in [0.3, 0.4) is 0 Å². The Hall–Kier alpha value is -1.74. The van der Waals surface area contributed by atoms with Crippen molar-refractivity contribution in [1.82, 2.24) is 0 Å². The van der Waals surface area contributed by atoms with Crippen LogP contribution in [0, 0.1) is 11.8 Å². The Balaban J connectivity index is 2.45. The van der Waals surface area contributed by atoms with E-state index in [1.54, 1.807) is 6.08 Å². The van der Waals surface area contributed by atoms with Crippen LogP contribution in [-0.2, 0) is 6.42 Å². The Morgan fingerprint density at radius 1 is 1.29 bits per heavy atom. The third-order valence-electron chi connectivity index (χ3n) is 2.38. The molecular formula is C14H12. The van der Waals surface area contributed by atoms with Crippen LogP contribution in [0.1, 0.15) is 17.5 Å². The lowest BCUT2D eigenvalue weighted by Gasteiger charge is -2.13. The predicted octanol–water partition coefficient (Wildman–Crippen LogP) is 3.21. The van der Waals surface area contributed by atoms with Gasteiger partial charge in [0.1, 0.15) is 0 Å². The van der Waals surface area contributed by atoms with E-state index in [0.29, 0.717) is 0 Å². The largest absolute Gasteiger partial charge is 0.0906 e. The van der Waals surface area contributed by atoms with Crippen LogP contribution >= 0.6 is 0 Å². The highest BCUT2D eigenvalue weighted by molar-refractivity contribution is 5.82. The van der Waals surface area contributed by atoms with Gasteiger partial charge in [0.15, 0.2) is 0 Å². The van der Waals surface area contributed by atoms with E-state index in [1.807, 2.05) is 0 Å². The number of benzene rings is 1. The van der Waals surface area contributed by atoms with Gasteiger partial charge in [-0.2, -0.15) is 0 Å². The van der Waals surface area contributed by atoms with Crippen molar-refractivity contribution in [3.63, 3.8) is 0 Å². The Morgan fingerprint density at radius 2 is 2.14 bits per heavy atom. The summed E-state index contributed by atoms with van der Waals surface area (Å²) in [5.74, 6) is 6.02. The maximum absolute atomic E-state index is 3.60. The van der Waals surface area contributed by atoms with Gasteiger partial charge in [-0.05, 0) is 30.0 Å². The first-order valence-electron chi connectivity index (χ1n) is 4.82. The Bertz CT molecular complexity index is 439. The molecule has 0 N–H and O–H groups in total. The fourth-order valence-corrected chi connectivity index (χ4v) is 1.73. The number of allylic oxidation sites excluding steroid dienone is 3. The maximum atomic E-state index is 3.60.